The average Bonchev–Trinajstić information content (AvgIpc) is 2.90. The Balaban J connectivity index is 0. The molecule has 0 radical (unpaired) electrons. The molecule has 2 aliphatic rings. The van der Waals surface area contributed by atoms with Crippen LogP contribution in [0.5, 0.6) is 0 Å². The van der Waals surface area contributed by atoms with E-state index in [2.05, 4.69) is 33.0 Å². The van der Waals surface area contributed by atoms with E-state index in [4.69, 9.17) is 0 Å². The van der Waals surface area contributed by atoms with Gasteiger partial charge in [0.05, 0.1) is 12.1 Å². The molecule has 2 fully saturated rings. The number of amides is 2. The molecule has 0 bridgehead atoms. The summed E-state index contributed by atoms with van der Waals surface area (Å²) >= 11 is 0. The minimum absolute atomic E-state index is 0.0354. The van der Waals surface area contributed by atoms with Crippen LogP contribution in [0.1, 0.15) is 129 Å². The molecule has 1 N–H and O–H groups in total. The summed E-state index contributed by atoms with van der Waals surface area (Å²) in [4.78, 5) is 34.5. The van der Waals surface area contributed by atoms with Crippen molar-refractivity contribution in [2.75, 3.05) is 19.6 Å². The molecule has 0 aromatic heterocycles. The van der Waals surface area contributed by atoms with Crippen molar-refractivity contribution in [1.29, 1.82) is 0 Å². The van der Waals surface area contributed by atoms with Gasteiger partial charge in [0, 0.05) is 19.5 Å². The fraction of sp³-hybridized carbons (Fsp3) is 0.710. The zero-order valence-corrected chi connectivity index (χ0v) is 24.8. The number of hydrogen-bond donors (Lipinski definition) is 1. The molecule has 3 rings (SSSR count). The normalized spacial score (nSPS) is 14.4. The van der Waals surface area contributed by atoms with Gasteiger partial charge in [0.2, 0.25) is 6.41 Å². The van der Waals surface area contributed by atoms with E-state index < -0.39 is 11.7 Å². The lowest BCUT2D eigenvalue weighted by atomic mass is 10.0. The fourth-order valence-corrected chi connectivity index (χ4v) is 3.37. The third kappa shape index (κ3) is 25.2. The average molecular weight is 523 g/mol. The lowest BCUT2D eigenvalue weighted by Crippen LogP contribution is -2.29. The summed E-state index contributed by atoms with van der Waals surface area (Å²) in [6.45, 7) is 16.5. The molecule has 214 valence electrons. The van der Waals surface area contributed by atoms with E-state index in [1.165, 1.54) is 76.0 Å². The smallest absolute Gasteiger partial charge is 0.254 e. The van der Waals surface area contributed by atoms with Gasteiger partial charge < -0.3 is 10.2 Å². The third-order valence-electron chi connectivity index (χ3n) is 5.13. The first-order valence-electron chi connectivity index (χ1n) is 14.3. The van der Waals surface area contributed by atoms with E-state index >= 15 is 0 Å². The summed E-state index contributed by atoms with van der Waals surface area (Å²) in [5.74, 6) is -1.18. The summed E-state index contributed by atoms with van der Waals surface area (Å²) in [6.07, 6.45) is 14.8. The van der Waals surface area contributed by atoms with Crippen LogP contribution in [0.4, 0.5) is 4.39 Å². The Bertz CT molecular complexity index is 689. The van der Waals surface area contributed by atoms with Crippen molar-refractivity contribution >= 4 is 18.1 Å². The van der Waals surface area contributed by atoms with Gasteiger partial charge in [0.1, 0.15) is 5.82 Å². The van der Waals surface area contributed by atoms with Gasteiger partial charge in [0.25, 0.3) is 5.91 Å². The molecule has 0 spiro atoms. The van der Waals surface area contributed by atoms with Crippen molar-refractivity contribution in [2.24, 2.45) is 5.41 Å². The van der Waals surface area contributed by atoms with Crippen LogP contribution in [0.3, 0.4) is 0 Å². The highest BCUT2D eigenvalue weighted by Gasteiger charge is 2.11. The minimum Gasteiger partial charge on any atom is -0.345 e. The second-order valence-electron chi connectivity index (χ2n) is 10.8. The van der Waals surface area contributed by atoms with Crippen molar-refractivity contribution in [2.45, 2.75) is 119 Å². The zero-order valence-electron chi connectivity index (χ0n) is 24.8. The summed E-state index contributed by atoms with van der Waals surface area (Å²) in [5, 5.41) is 2.40. The zero-order chi connectivity index (χ0) is 28.5. The highest BCUT2D eigenvalue weighted by atomic mass is 19.1. The number of carbonyl (C=O) groups excluding carboxylic acids is 3. The predicted octanol–water partition coefficient (Wildman–Crippen LogP) is 7.97. The van der Waals surface area contributed by atoms with Gasteiger partial charge in [-0.1, -0.05) is 99.1 Å². The number of halogens is 1. The molecule has 1 aliphatic heterocycles. The molecular weight excluding hydrogens is 467 g/mol. The molecule has 0 atom stereocenters. The molecular formula is C31H55FN2O3. The molecule has 6 heteroatoms. The van der Waals surface area contributed by atoms with Gasteiger partial charge >= 0.3 is 0 Å². The molecule has 1 aromatic carbocycles. The van der Waals surface area contributed by atoms with Gasteiger partial charge in [-0.3, -0.25) is 14.4 Å². The summed E-state index contributed by atoms with van der Waals surface area (Å²) < 4.78 is 13.2. The first-order valence-corrected chi connectivity index (χ1v) is 14.3. The Morgan fingerprint density at radius 1 is 0.892 bits per heavy atom. The largest absolute Gasteiger partial charge is 0.345 e. The van der Waals surface area contributed by atoms with E-state index in [-0.39, 0.29) is 17.9 Å². The number of rotatable bonds is 6. The van der Waals surface area contributed by atoms with E-state index in [1.54, 1.807) is 6.07 Å². The Labute approximate surface area is 227 Å². The number of Topliss-reactive ketones (excluding diaryl/α,β-unsaturated/α-hetero) is 1. The van der Waals surface area contributed by atoms with Gasteiger partial charge in [-0.15, -0.1) is 0 Å². The minimum atomic E-state index is -0.581. The number of piperidine rings is 1. The van der Waals surface area contributed by atoms with Crippen LogP contribution in [-0.4, -0.2) is 42.6 Å². The highest BCUT2D eigenvalue weighted by molar-refractivity contribution is 5.96. The molecule has 37 heavy (non-hydrogen) atoms. The van der Waals surface area contributed by atoms with Crippen molar-refractivity contribution < 1.29 is 18.8 Å². The predicted molar refractivity (Wildman–Crippen MR) is 154 cm³/mol. The molecule has 1 saturated heterocycles. The van der Waals surface area contributed by atoms with E-state index in [0.29, 0.717) is 11.8 Å². The topological polar surface area (TPSA) is 66.5 Å². The maximum atomic E-state index is 13.2. The Morgan fingerprint density at radius 3 is 1.70 bits per heavy atom. The lowest BCUT2D eigenvalue weighted by molar-refractivity contribution is -0.119. The monoisotopic (exact) mass is 522 g/mol. The number of ketones is 1. The fourth-order valence-electron chi connectivity index (χ4n) is 3.37. The highest BCUT2D eigenvalue weighted by Crippen LogP contribution is 2.15. The second kappa shape index (κ2) is 24.1. The van der Waals surface area contributed by atoms with Crippen LogP contribution >= 0.6 is 0 Å². The van der Waals surface area contributed by atoms with Crippen molar-refractivity contribution in [3.8, 4) is 0 Å². The first-order chi connectivity index (χ1) is 17.6. The molecule has 5 nitrogen and oxygen atoms in total. The molecule has 1 heterocycles. The quantitative estimate of drug-likeness (QED) is 0.385. The summed E-state index contributed by atoms with van der Waals surface area (Å²) in [5.41, 5.74) is 0.465. The summed E-state index contributed by atoms with van der Waals surface area (Å²) in [7, 11) is 0. The van der Waals surface area contributed by atoms with Gasteiger partial charge in [-0.25, -0.2) is 4.39 Å². The van der Waals surface area contributed by atoms with Crippen LogP contribution in [0, 0.1) is 11.2 Å². The third-order valence-corrected chi connectivity index (χ3v) is 5.13. The Kier molecular flexibility index (Phi) is 24.1. The molecule has 1 saturated carbocycles. The van der Waals surface area contributed by atoms with E-state index in [1.807, 2.05) is 25.7 Å². The summed E-state index contributed by atoms with van der Waals surface area (Å²) in [6, 6.07) is 5.68. The van der Waals surface area contributed by atoms with Crippen LogP contribution in [-0.2, 0) is 9.59 Å². The maximum Gasteiger partial charge on any atom is 0.254 e. The van der Waals surface area contributed by atoms with Gasteiger partial charge in [-0.05, 0) is 43.2 Å². The SMILES string of the molecule is C1CCCCC1.CC.CC(C)(C)C.CCCC(=O)CNC(=O)c1ccccc1F.O=CN1CCCCC1. The number of hydrogen-bond acceptors (Lipinski definition) is 3. The van der Waals surface area contributed by atoms with E-state index in [9.17, 15) is 18.8 Å². The standard InChI is InChI=1S/C12H14FNO2.C6H11NO.C6H12.C5H12.C2H6/c1-2-5-9(15)8-14-12(16)10-6-3-4-7-11(10)13;8-6-7-4-2-1-3-5-7;1-2-4-6-5-3-1;1-5(2,3)4;1-2/h3-4,6-7H,2,5,8H2,1H3,(H,14,16);6H,1-5H2;1-6H2;1-4H3;1-2H3. The Morgan fingerprint density at radius 2 is 1.32 bits per heavy atom. The number of carbonyl (C=O) groups is 3. The van der Waals surface area contributed by atoms with E-state index in [0.717, 1.165) is 25.9 Å². The van der Waals surface area contributed by atoms with Crippen LogP contribution in [0.25, 0.3) is 0 Å². The number of likely N-dealkylation sites (tertiary alicyclic amines) is 1. The molecule has 2 amide bonds. The lowest BCUT2D eigenvalue weighted by Gasteiger charge is -2.21. The molecule has 1 aromatic rings. The number of nitrogens with one attached hydrogen (secondary N) is 1. The molecule has 0 unspecified atom stereocenters. The van der Waals surface area contributed by atoms with Crippen molar-refractivity contribution in [1.82, 2.24) is 10.2 Å². The van der Waals surface area contributed by atoms with Crippen molar-refractivity contribution in [3.63, 3.8) is 0 Å². The second-order valence-corrected chi connectivity index (χ2v) is 10.8. The molecule has 1 aliphatic carbocycles. The van der Waals surface area contributed by atoms with Gasteiger partial charge in [-0.2, -0.15) is 0 Å². The Hall–Kier alpha value is -2.24. The van der Waals surface area contributed by atoms with Crippen LogP contribution in [0.15, 0.2) is 24.3 Å². The first kappa shape index (κ1) is 36.9. The van der Waals surface area contributed by atoms with Crippen LogP contribution < -0.4 is 5.32 Å². The van der Waals surface area contributed by atoms with Crippen molar-refractivity contribution in [3.05, 3.63) is 35.6 Å². The maximum absolute atomic E-state index is 13.2. The number of nitrogens with zero attached hydrogens (tertiary/aromatic N) is 1. The van der Waals surface area contributed by atoms with Gasteiger partial charge in [0.15, 0.2) is 5.78 Å². The number of benzene rings is 1. The van der Waals surface area contributed by atoms with Crippen LogP contribution in [0.2, 0.25) is 0 Å².